The second-order valence-electron chi connectivity index (χ2n) is 5.33. The van der Waals surface area contributed by atoms with Gasteiger partial charge in [-0.2, -0.15) is 0 Å². The van der Waals surface area contributed by atoms with E-state index in [0.717, 1.165) is 13.0 Å². The highest BCUT2D eigenvalue weighted by atomic mass is 79.9. The summed E-state index contributed by atoms with van der Waals surface area (Å²) in [5.74, 6) is 0. The first-order valence-corrected chi connectivity index (χ1v) is 7.97. The van der Waals surface area contributed by atoms with Crippen LogP contribution in [-0.4, -0.2) is 6.54 Å². The van der Waals surface area contributed by atoms with E-state index >= 15 is 0 Å². The molecule has 0 fully saturated rings. The van der Waals surface area contributed by atoms with Crippen LogP contribution in [0.15, 0.2) is 46.9 Å². The lowest BCUT2D eigenvalue weighted by atomic mass is 9.96. The third kappa shape index (κ3) is 3.71. The van der Waals surface area contributed by atoms with Crippen molar-refractivity contribution in [2.75, 3.05) is 6.54 Å². The second-order valence-corrected chi connectivity index (χ2v) is 6.18. The van der Waals surface area contributed by atoms with Crippen molar-refractivity contribution in [3.8, 4) is 0 Å². The minimum absolute atomic E-state index is 0.240. The molecule has 1 N–H and O–H groups in total. The molecule has 0 aliphatic heterocycles. The molecular formula is C18H22BrN. The molecule has 1 nitrogen and oxygen atoms in total. The van der Waals surface area contributed by atoms with Gasteiger partial charge in [-0.25, -0.2) is 0 Å². The average Bonchev–Trinajstić information content (AvgIpc) is 2.43. The third-order valence-corrected chi connectivity index (χ3v) is 4.16. The van der Waals surface area contributed by atoms with Crippen LogP contribution in [0.4, 0.5) is 0 Å². The summed E-state index contributed by atoms with van der Waals surface area (Å²) in [4.78, 5) is 0. The van der Waals surface area contributed by atoms with E-state index < -0.39 is 0 Å². The molecule has 0 saturated heterocycles. The van der Waals surface area contributed by atoms with Crippen molar-refractivity contribution in [1.82, 2.24) is 5.32 Å². The molecule has 0 saturated carbocycles. The molecule has 0 amide bonds. The van der Waals surface area contributed by atoms with Gasteiger partial charge in [0.15, 0.2) is 0 Å². The maximum Gasteiger partial charge on any atom is 0.0588 e. The highest BCUT2D eigenvalue weighted by molar-refractivity contribution is 9.10. The Morgan fingerprint density at radius 3 is 2.50 bits per heavy atom. The Bertz CT molecular complexity index is 577. The Balaban J connectivity index is 2.44. The minimum Gasteiger partial charge on any atom is -0.306 e. The van der Waals surface area contributed by atoms with E-state index in [0.29, 0.717) is 0 Å². The highest BCUT2D eigenvalue weighted by Crippen LogP contribution is 2.30. The summed E-state index contributed by atoms with van der Waals surface area (Å²) in [6.45, 7) is 7.50. The molecule has 2 aromatic carbocycles. The molecule has 0 radical (unpaired) electrons. The number of nitrogens with one attached hydrogen (secondary N) is 1. The molecule has 0 spiro atoms. The highest BCUT2D eigenvalue weighted by Gasteiger charge is 2.16. The Kier molecular flexibility index (Phi) is 5.38. The fourth-order valence-corrected chi connectivity index (χ4v) is 2.91. The molecule has 0 aliphatic carbocycles. The summed E-state index contributed by atoms with van der Waals surface area (Å²) < 4.78 is 1.17. The quantitative estimate of drug-likeness (QED) is 0.798. The Labute approximate surface area is 130 Å². The van der Waals surface area contributed by atoms with Crippen molar-refractivity contribution in [2.24, 2.45) is 0 Å². The van der Waals surface area contributed by atoms with Crippen LogP contribution in [0.25, 0.3) is 0 Å². The number of halogens is 1. The maximum absolute atomic E-state index is 3.70. The monoisotopic (exact) mass is 331 g/mol. The zero-order valence-electron chi connectivity index (χ0n) is 12.4. The molecule has 2 heteroatoms. The first-order chi connectivity index (χ1) is 9.61. The molecule has 0 aromatic heterocycles. The van der Waals surface area contributed by atoms with Gasteiger partial charge < -0.3 is 5.32 Å². The summed E-state index contributed by atoms with van der Waals surface area (Å²) in [5.41, 5.74) is 5.22. The van der Waals surface area contributed by atoms with Gasteiger partial charge in [0.25, 0.3) is 0 Å². The standard InChI is InChI=1S/C18H22BrN/c1-4-10-20-18(15-7-5-6-13(2)11-15)16-12-14(3)8-9-17(16)19/h5-9,11-12,18,20H,4,10H2,1-3H3. The first kappa shape index (κ1) is 15.3. The molecular weight excluding hydrogens is 310 g/mol. The average molecular weight is 332 g/mol. The smallest absolute Gasteiger partial charge is 0.0588 e. The van der Waals surface area contributed by atoms with Gasteiger partial charge in [0.1, 0.15) is 0 Å². The summed E-state index contributed by atoms with van der Waals surface area (Å²) in [5, 5.41) is 3.67. The molecule has 0 bridgehead atoms. The molecule has 106 valence electrons. The summed E-state index contributed by atoms with van der Waals surface area (Å²) in [7, 11) is 0. The molecule has 0 aliphatic rings. The molecule has 1 unspecified atom stereocenters. The van der Waals surface area contributed by atoms with Crippen molar-refractivity contribution in [3.05, 3.63) is 69.2 Å². The van der Waals surface area contributed by atoms with Gasteiger partial charge in [0, 0.05) is 4.47 Å². The molecule has 20 heavy (non-hydrogen) atoms. The number of hydrogen-bond acceptors (Lipinski definition) is 1. The second kappa shape index (κ2) is 7.05. The van der Waals surface area contributed by atoms with Gasteiger partial charge in [-0.1, -0.05) is 70.4 Å². The zero-order chi connectivity index (χ0) is 14.5. The van der Waals surface area contributed by atoms with Crippen molar-refractivity contribution in [2.45, 2.75) is 33.2 Å². The van der Waals surface area contributed by atoms with Crippen molar-refractivity contribution < 1.29 is 0 Å². The van der Waals surface area contributed by atoms with E-state index in [-0.39, 0.29) is 6.04 Å². The number of aryl methyl sites for hydroxylation is 2. The van der Waals surface area contributed by atoms with Gasteiger partial charge >= 0.3 is 0 Å². The maximum atomic E-state index is 3.70. The van der Waals surface area contributed by atoms with Crippen molar-refractivity contribution >= 4 is 15.9 Å². The number of benzene rings is 2. The fraction of sp³-hybridized carbons (Fsp3) is 0.333. The third-order valence-electron chi connectivity index (χ3n) is 3.44. The van der Waals surface area contributed by atoms with E-state index in [1.807, 2.05) is 0 Å². The SMILES string of the molecule is CCCNC(c1cccc(C)c1)c1cc(C)ccc1Br. The number of hydrogen-bond donors (Lipinski definition) is 1. The lowest BCUT2D eigenvalue weighted by Gasteiger charge is -2.22. The Morgan fingerprint density at radius 2 is 1.80 bits per heavy atom. The van der Waals surface area contributed by atoms with Gasteiger partial charge in [0.2, 0.25) is 0 Å². The van der Waals surface area contributed by atoms with E-state index in [1.54, 1.807) is 0 Å². The van der Waals surface area contributed by atoms with Gasteiger partial charge in [-0.3, -0.25) is 0 Å². The number of rotatable bonds is 5. The van der Waals surface area contributed by atoms with Gasteiger partial charge in [-0.05, 0) is 44.0 Å². The van der Waals surface area contributed by atoms with Gasteiger partial charge in [-0.15, -0.1) is 0 Å². The zero-order valence-corrected chi connectivity index (χ0v) is 14.0. The normalized spacial score (nSPS) is 12.4. The van der Waals surface area contributed by atoms with Crippen LogP contribution in [0.5, 0.6) is 0 Å². The van der Waals surface area contributed by atoms with Crippen molar-refractivity contribution in [1.29, 1.82) is 0 Å². The fourth-order valence-electron chi connectivity index (χ4n) is 2.43. The predicted molar refractivity (Wildman–Crippen MR) is 90.2 cm³/mol. The topological polar surface area (TPSA) is 12.0 Å². The molecule has 2 rings (SSSR count). The van der Waals surface area contributed by atoms with Crippen LogP contribution in [0.3, 0.4) is 0 Å². The lowest BCUT2D eigenvalue weighted by molar-refractivity contribution is 0.596. The summed E-state index contributed by atoms with van der Waals surface area (Å²) >= 11 is 3.70. The lowest BCUT2D eigenvalue weighted by Crippen LogP contribution is -2.23. The molecule has 1 atom stereocenters. The van der Waals surface area contributed by atoms with Crippen LogP contribution in [0.2, 0.25) is 0 Å². The molecule has 0 heterocycles. The van der Waals surface area contributed by atoms with E-state index in [2.05, 4.69) is 84.5 Å². The largest absolute Gasteiger partial charge is 0.306 e. The Hall–Kier alpha value is -1.12. The minimum atomic E-state index is 0.240. The van der Waals surface area contributed by atoms with E-state index in [4.69, 9.17) is 0 Å². The van der Waals surface area contributed by atoms with E-state index in [1.165, 1.54) is 26.7 Å². The van der Waals surface area contributed by atoms with Crippen LogP contribution >= 0.6 is 15.9 Å². The predicted octanol–water partition coefficient (Wildman–Crippen LogP) is 5.15. The van der Waals surface area contributed by atoms with Crippen LogP contribution in [0, 0.1) is 13.8 Å². The molecule has 2 aromatic rings. The first-order valence-electron chi connectivity index (χ1n) is 7.18. The van der Waals surface area contributed by atoms with Crippen LogP contribution in [0.1, 0.15) is 41.6 Å². The summed E-state index contributed by atoms with van der Waals surface area (Å²) in [6.07, 6.45) is 1.13. The van der Waals surface area contributed by atoms with Crippen molar-refractivity contribution in [3.63, 3.8) is 0 Å². The van der Waals surface area contributed by atoms with Crippen LogP contribution in [-0.2, 0) is 0 Å². The van der Waals surface area contributed by atoms with E-state index in [9.17, 15) is 0 Å². The van der Waals surface area contributed by atoms with Gasteiger partial charge in [0.05, 0.1) is 6.04 Å². The Morgan fingerprint density at radius 1 is 1.05 bits per heavy atom. The van der Waals surface area contributed by atoms with Crippen LogP contribution < -0.4 is 5.32 Å². The summed E-state index contributed by atoms with van der Waals surface area (Å²) in [6, 6.07) is 15.5.